The highest BCUT2D eigenvalue weighted by Crippen LogP contribution is 2.20. The highest BCUT2D eigenvalue weighted by molar-refractivity contribution is 6.10. The first-order chi connectivity index (χ1) is 7.70. The molecule has 0 spiro atoms. The Kier molecular flexibility index (Phi) is 2.99. The number of pyridine rings is 1. The molecule has 1 saturated heterocycles. The number of piperidine rings is 1. The van der Waals surface area contributed by atoms with Crippen molar-refractivity contribution in [3.8, 4) is 0 Å². The molecular formula is C12H14N2O2. The van der Waals surface area contributed by atoms with Gasteiger partial charge in [-0.2, -0.15) is 0 Å². The van der Waals surface area contributed by atoms with Gasteiger partial charge in [-0.15, -0.1) is 0 Å². The molecular weight excluding hydrogens is 204 g/mol. The van der Waals surface area contributed by atoms with Crippen molar-refractivity contribution in [2.75, 3.05) is 13.6 Å². The molecule has 16 heavy (non-hydrogen) atoms. The van der Waals surface area contributed by atoms with E-state index >= 15 is 0 Å². The summed E-state index contributed by atoms with van der Waals surface area (Å²) in [7, 11) is 1.74. The summed E-state index contributed by atoms with van der Waals surface area (Å²) in [4.78, 5) is 29.4. The van der Waals surface area contributed by atoms with Gasteiger partial charge in [0.15, 0.2) is 5.78 Å². The van der Waals surface area contributed by atoms with Crippen LogP contribution in [-0.2, 0) is 4.79 Å². The van der Waals surface area contributed by atoms with Crippen molar-refractivity contribution in [3.63, 3.8) is 0 Å². The van der Waals surface area contributed by atoms with Gasteiger partial charge in [0.1, 0.15) is 5.92 Å². The van der Waals surface area contributed by atoms with E-state index in [0.717, 1.165) is 13.0 Å². The lowest BCUT2D eigenvalue weighted by Crippen LogP contribution is -2.41. The van der Waals surface area contributed by atoms with Crippen molar-refractivity contribution in [3.05, 3.63) is 30.1 Å². The number of rotatable bonds is 2. The SMILES string of the molecule is CN1CCCC(C(=O)c2ccncc2)C1=O. The monoisotopic (exact) mass is 218 g/mol. The number of hydrogen-bond acceptors (Lipinski definition) is 3. The molecule has 1 aromatic heterocycles. The van der Waals surface area contributed by atoms with Crippen molar-refractivity contribution in [1.82, 2.24) is 9.88 Å². The van der Waals surface area contributed by atoms with Crippen LogP contribution in [0.4, 0.5) is 0 Å². The molecule has 1 unspecified atom stereocenters. The summed E-state index contributed by atoms with van der Waals surface area (Å²) in [6.45, 7) is 0.749. The molecule has 0 aliphatic carbocycles. The zero-order chi connectivity index (χ0) is 11.5. The van der Waals surface area contributed by atoms with E-state index in [9.17, 15) is 9.59 Å². The van der Waals surface area contributed by atoms with E-state index in [1.807, 2.05) is 0 Å². The van der Waals surface area contributed by atoms with Crippen LogP contribution in [0.25, 0.3) is 0 Å². The van der Waals surface area contributed by atoms with Gasteiger partial charge >= 0.3 is 0 Å². The van der Waals surface area contributed by atoms with Crippen molar-refractivity contribution >= 4 is 11.7 Å². The Morgan fingerprint density at radius 3 is 2.81 bits per heavy atom. The highest BCUT2D eigenvalue weighted by Gasteiger charge is 2.32. The van der Waals surface area contributed by atoms with Crippen molar-refractivity contribution in [1.29, 1.82) is 0 Å². The normalized spacial score (nSPS) is 20.9. The Bertz CT molecular complexity index is 403. The van der Waals surface area contributed by atoms with Gasteiger partial charge in [-0.3, -0.25) is 14.6 Å². The maximum absolute atomic E-state index is 12.1. The van der Waals surface area contributed by atoms with Crippen molar-refractivity contribution in [2.24, 2.45) is 5.92 Å². The minimum Gasteiger partial charge on any atom is -0.345 e. The van der Waals surface area contributed by atoms with Crippen LogP contribution < -0.4 is 0 Å². The molecule has 1 aromatic rings. The van der Waals surface area contributed by atoms with Crippen molar-refractivity contribution < 1.29 is 9.59 Å². The summed E-state index contributed by atoms with van der Waals surface area (Å²) in [6, 6.07) is 3.31. The minimum absolute atomic E-state index is 0.0620. The average molecular weight is 218 g/mol. The maximum atomic E-state index is 12.1. The topological polar surface area (TPSA) is 50.3 Å². The van der Waals surface area contributed by atoms with Crippen molar-refractivity contribution in [2.45, 2.75) is 12.8 Å². The molecule has 1 amide bonds. The van der Waals surface area contributed by atoms with Crippen LogP contribution in [0.15, 0.2) is 24.5 Å². The number of amides is 1. The van der Waals surface area contributed by atoms with Crippen LogP contribution in [-0.4, -0.2) is 35.2 Å². The lowest BCUT2D eigenvalue weighted by Gasteiger charge is -2.28. The second-order valence-corrected chi connectivity index (χ2v) is 4.05. The molecule has 1 atom stereocenters. The summed E-state index contributed by atoms with van der Waals surface area (Å²) in [6.07, 6.45) is 4.70. The number of carbonyl (C=O) groups is 2. The number of carbonyl (C=O) groups excluding carboxylic acids is 2. The number of hydrogen-bond donors (Lipinski definition) is 0. The zero-order valence-corrected chi connectivity index (χ0v) is 9.22. The Hall–Kier alpha value is -1.71. The van der Waals surface area contributed by atoms with Gasteiger partial charge < -0.3 is 4.90 Å². The van der Waals surface area contributed by atoms with Crippen LogP contribution in [0.3, 0.4) is 0 Å². The summed E-state index contributed by atoms with van der Waals surface area (Å²) >= 11 is 0. The number of likely N-dealkylation sites (tertiary alicyclic amines) is 1. The molecule has 1 aliphatic heterocycles. The summed E-state index contributed by atoms with van der Waals surface area (Å²) in [5.41, 5.74) is 0.573. The molecule has 0 N–H and O–H groups in total. The van der Waals surface area contributed by atoms with Crippen LogP contribution in [0.1, 0.15) is 23.2 Å². The Balaban J connectivity index is 2.19. The Labute approximate surface area is 94.3 Å². The molecule has 0 aromatic carbocycles. The number of ketones is 1. The van der Waals surface area contributed by atoms with Gasteiger partial charge in [0.05, 0.1) is 0 Å². The van der Waals surface area contributed by atoms with E-state index in [2.05, 4.69) is 4.98 Å². The van der Waals surface area contributed by atoms with Crippen LogP contribution in [0.2, 0.25) is 0 Å². The minimum atomic E-state index is -0.499. The summed E-state index contributed by atoms with van der Waals surface area (Å²) in [5.74, 6) is -0.645. The van der Waals surface area contributed by atoms with E-state index in [0.29, 0.717) is 12.0 Å². The molecule has 1 aliphatic rings. The molecule has 84 valence electrons. The molecule has 0 bridgehead atoms. The van der Waals surface area contributed by atoms with E-state index in [-0.39, 0.29) is 11.7 Å². The van der Waals surface area contributed by atoms with Gasteiger partial charge in [0, 0.05) is 31.5 Å². The number of Topliss-reactive ketones (excluding diaryl/α,β-unsaturated/α-hetero) is 1. The largest absolute Gasteiger partial charge is 0.345 e. The first kappa shape index (κ1) is 10.8. The average Bonchev–Trinajstić information content (AvgIpc) is 2.33. The predicted molar refractivity (Wildman–Crippen MR) is 58.9 cm³/mol. The van der Waals surface area contributed by atoms with E-state index in [1.165, 1.54) is 0 Å². The van der Waals surface area contributed by atoms with Crippen LogP contribution >= 0.6 is 0 Å². The van der Waals surface area contributed by atoms with E-state index in [4.69, 9.17) is 0 Å². The summed E-state index contributed by atoms with van der Waals surface area (Å²) < 4.78 is 0. The lowest BCUT2D eigenvalue weighted by atomic mass is 9.90. The molecule has 0 saturated carbocycles. The Morgan fingerprint density at radius 1 is 1.44 bits per heavy atom. The summed E-state index contributed by atoms with van der Waals surface area (Å²) in [5, 5.41) is 0. The smallest absolute Gasteiger partial charge is 0.233 e. The van der Waals surface area contributed by atoms with Gasteiger partial charge in [0.2, 0.25) is 5.91 Å². The van der Waals surface area contributed by atoms with Crippen LogP contribution in [0, 0.1) is 5.92 Å². The van der Waals surface area contributed by atoms with E-state index < -0.39 is 5.92 Å². The fraction of sp³-hybridized carbons (Fsp3) is 0.417. The third-order valence-corrected chi connectivity index (χ3v) is 2.94. The Morgan fingerprint density at radius 2 is 2.12 bits per heavy atom. The second kappa shape index (κ2) is 4.43. The standard InChI is InChI=1S/C12H14N2O2/c1-14-8-2-3-10(12(14)16)11(15)9-4-6-13-7-5-9/h4-7,10H,2-3,8H2,1H3. The zero-order valence-electron chi connectivity index (χ0n) is 9.22. The quantitative estimate of drug-likeness (QED) is 0.552. The second-order valence-electron chi connectivity index (χ2n) is 4.05. The fourth-order valence-electron chi connectivity index (χ4n) is 1.99. The van der Waals surface area contributed by atoms with Gasteiger partial charge in [0.25, 0.3) is 0 Å². The van der Waals surface area contributed by atoms with Gasteiger partial charge in [-0.05, 0) is 25.0 Å². The van der Waals surface area contributed by atoms with Gasteiger partial charge in [-0.1, -0.05) is 0 Å². The molecule has 2 heterocycles. The van der Waals surface area contributed by atoms with Gasteiger partial charge in [-0.25, -0.2) is 0 Å². The number of nitrogens with zero attached hydrogens (tertiary/aromatic N) is 2. The molecule has 4 heteroatoms. The maximum Gasteiger partial charge on any atom is 0.233 e. The molecule has 4 nitrogen and oxygen atoms in total. The fourth-order valence-corrected chi connectivity index (χ4v) is 1.99. The van der Waals surface area contributed by atoms with E-state index in [1.54, 1.807) is 36.5 Å². The first-order valence-electron chi connectivity index (χ1n) is 5.39. The third-order valence-electron chi connectivity index (χ3n) is 2.94. The highest BCUT2D eigenvalue weighted by atomic mass is 16.2. The third kappa shape index (κ3) is 1.96. The predicted octanol–water partition coefficient (Wildman–Crippen LogP) is 1.13. The molecule has 2 rings (SSSR count). The number of aromatic nitrogens is 1. The first-order valence-corrected chi connectivity index (χ1v) is 5.39. The lowest BCUT2D eigenvalue weighted by molar-refractivity contribution is -0.134. The molecule has 0 radical (unpaired) electrons. The van der Waals surface area contributed by atoms with Crippen LogP contribution in [0.5, 0.6) is 0 Å². The molecule has 1 fully saturated rings.